The molecule has 0 spiro atoms. The Balaban J connectivity index is 1.75. The monoisotopic (exact) mass is 318 g/mol. The van der Waals surface area contributed by atoms with Crippen molar-refractivity contribution < 1.29 is 4.79 Å². The van der Waals surface area contributed by atoms with E-state index in [9.17, 15) is 4.79 Å². The summed E-state index contributed by atoms with van der Waals surface area (Å²) in [5.74, 6) is 0. The van der Waals surface area contributed by atoms with E-state index >= 15 is 0 Å². The molecule has 5 nitrogen and oxygen atoms in total. The Morgan fingerprint density at radius 1 is 1.41 bits per heavy atom. The number of aromatic nitrogens is 1. The first-order chi connectivity index (χ1) is 10.6. The molecule has 1 atom stereocenters. The third-order valence-electron chi connectivity index (χ3n) is 3.59. The highest BCUT2D eigenvalue weighted by molar-refractivity contribution is 7.10. The largest absolute Gasteiger partial charge is 0.383 e. The van der Waals surface area contributed by atoms with E-state index in [1.54, 1.807) is 22.4 Å². The number of pyridine rings is 1. The van der Waals surface area contributed by atoms with Crippen LogP contribution in [-0.4, -0.2) is 36.1 Å². The van der Waals surface area contributed by atoms with E-state index in [0.717, 1.165) is 11.3 Å². The smallest absolute Gasteiger partial charge is 0.317 e. The molecule has 2 rings (SSSR count). The van der Waals surface area contributed by atoms with Gasteiger partial charge in [-0.05, 0) is 36.9 Å². The van der Waals surface area contributed by atoms with Crippen LogP contribution in [0.2, 0.25) is 0 Å². The average molecular weight is 318 g/mol. The zero-order valence-electron chi connectivity index (χ0n) is 13.2. The van der Waals surface area contributed by atoms with Crippen molar-refractivity contribution in [1.29, 1.82) is 0 Å². The Kier molecular flexibility index (Phi) is 5.77. The van der Waals surface area contributed by atoms with Gasteiger partial charge in [0.15, 0.2) is 0 Å². The number of carbonyl (C=O) groups is 1. The number of carbonyl (C=O) groups excluding carboxylic acids is 1. The van der Waals surface area contributed by atoms with Gasteiger partial charge in [-0.25, -0.2) is 4.79 Å². The maximum atomic E-state index is 12.1. The van der Waals surface area contributed by atoms with Crippen molar-refractivity contribution in [1.82, 2.24) is 15.2 Å². The highest BCUT2D eigenvalue weighted by atomic mass is 32.1. The second-order valence-corrected chi connectivity index (χ2v) is 6.13. The number of aryl methyl sites for hydroxylation is 1. The normalized spacial score (nSPS) is 11.8. The predicted octanol–water partition coefficient (Wildman–Crippen LogP) is 3.27. The highest BCUT2D eigenvalue weighted by Gasteiger charge is 2.17. The Bertz CT molecular complexity index is 600. The van der Waals surface area contributed by atoms with E-state index < -0.39 is 0 Å². The predicted molar refractivity (Wildman–Crippen MR) is 91.4 cm³/mol. The lowest BCUT2D eigenvalue weighted by molar-refractivity contribution is 0.195. The van der Waals surface area contributed by atoms with Gasteiger partial charge in [-0.15, -0.1) is 11.3 Å². The molecule has 0 aliphatic carbocycles. The molecule has 0 aliphatic heterocycles. The third kappa shape index (κ3) is 4.21. The molecular weight excluding hydrogens is 296 g/mol. The zero-order valence-corrected chi connectivity index (χ0v) is 14.0. The minimum Gasteiger partial charge on any atom is -0.383 e. The van der Waals surface area contributed by atoms with Crippen molar-refractivity contribution in [3.05, 3.63) is 46.4 Å². The first kappa shape index (κ1) is 16.3. The van der Waals surface area contributed by atoms with Gasteiger partial charge in [0.05, 0.1) is 6.04 Å². The van der Waals surface area contributed by atoms with Crippen molar-refractivity contribution >= 4 is 23.1 Å². The van der Waals surface area contributed by atoms with Crippen LogP contribution < -0.4 is 10.6 Å². The van der Waals surface area contributed by atoms with Crippen molar-refractivity contribution in [2.24, 2.45) is 0 Å². The molecule has 0 fully saturated rings. The Morgan fingerprint density at radius 3 is 2.91 bits per heavy atom. The van der Waals surface area contributed by atoms with Crippen molar-refractivity contribution in [3.8, 4) is 0 Å². The number of rotatable bonds is 6. The van der Waals surface area contributed by atoms with Crippen LogP contribution in [0, 0.1) is 6.92 Å². The molecule has 2 N–H and O–H groups in total. The number of thiophene rings is 1. The van der Waals surface area contributed by atoms with E-state index in [1.165, 1.54) is 4.88 Å². The summed E-state index contributed by atoms with van der Waals surface area (Å²) in [5.41, 5.74) is 2.14. The minimum absolute atomic E-state index is 0.0610. The first-order valence-electron chi connectivity index (χ1n) is 7.28. The summed E-state index contributed by atoms with van der Waals surface area (Å²) in [6.45, 7) is 5.29. The van der Waals surface area contributed by atoms with Crippen molar-refractivity contribution in [2.75, 3.05) is 25.5 Å². The second kappa shape index (κ2) is 7.79. The van der Waals surface area contributed by atoms with Gasteiger partial charge >= 0.3 is 6.03 Å². The van der Waals surface area contributed by atoms with Crippen LogP contribution in [-0.2, 0) is 0 Å². The topological polar surface area (TPSA) is 57.3 Å². The highest BCUT2D eigenvalue weighted by Crippen LogP contribution is 2.23. The summed E-state index contributed by atoms with van der Waals surface area (Å²) >= 11 is 1.66. The Morgan fingerprint density at radius 2 is 2.23 bits per heavy atom. The van der Waals surface area contributed by atoms with Gasteiger partial charge in [-0.1, -0.05) is 6.07 Å². The summed E-state index contributed by atoms with van der Waals surface area (Å²) < 4.78 is 0. The van der Waals surface area contributed by atoms with E-state index in [1.807, 2.05) is 50.7 Å². The molecular formula is C16H22N4OS. The molecule has 0 aliphatic rings. The minimum atomic E-state index is -0.0610. The lowest BCUT2D eigenvalue weighted by atomic mass is 10.2. The van der Waals surface area contributed by atoms with Gasteiger partial charge in [0, 0.05) is 43.1 Å². The summed E-state index contributed by atoms with van der Waals surface area (Å²) in [7, 11) is 1.82. The molecule has 0 unspecified atom stereocenters. The molecule has 0 radical (unpaired) electrons. The number of urea groups is 1. The van der Waals surface area contributed by atoms with E-state index in [-0.39, 0.29) is 12.1 Å². The summed E-state index contributed by atoms with van der Waals surface area (Å²) in [6, 6.07) is 6.00. The molecule has 0 saturated heterocycles. The molecule has 2 aromatic rings. The van der Waals surface area contributed by atoms with Crippen LogP contribution >= 0.6 is 11.3 Å². The maximum Gasteiger partial charge on any atom is 0.317 e. The van der Waals surface area contributed by atoms with Crippen LogP contribution in [0.4, 0.5) is 10.5 Å². The number of amides is 2. The average Bonchev–Trinajstić information content (AvgIpc) is 3.05. The number of nitrogens with one attached hydrogen (secondary N) is 2. The van der Waals surface area contributed by atoms with Gasteiger partial charge in [-0.3, -0.25) is 4.98 Å². The van der Waals surface area contributed by atoms with Crippen LogP contribution in [0.25, 0.3) is 0 Å². The van der Waals surface area contributed by atoms with Gasteiger partial charge in [-0.2, -0.15) is 0 Å². The Labute approximate surface area is 135 Å². The zero-order chi connectivity index (χ0) is 15.9. The molecule has 118 valence electrons. The van der Waals surface area contributed by atoms with Crippen LogP contribution in [0.1, 0.15) is 23.4 Å². The SMILES string of the molecule is Cc1cnccc1NCCNC(=O)N(C)[C@@H](C)c1cccs1. The molecule has 6 heteroatoms. The number of anilines is 1. The molecule has 2 heterocycles. The fourth-order valence-corrected chi connectivity index (χ4v) is 2.89. The lowest BCUT2D eigenvalue weighted by Crippen LogP contribution is -2.40. The quantitative estimate of drug-likeness (QED) is 0.804. The lowest BCUT2D eigenvalue weighted by Gasteiger charge is -2.24. The van der Waals surface area contributed by atoms with Gasteiger partial charge in [0.2, 0.25) is 0 Å². The molecule has 2 aromatic heterocycles. The number of hydrogen-bond donors (Lipinski definition) is 2. The van der Waals surface area contributed by atoms with Gasteiger partial charge in [0.1, 0.15) is 0 Å². The molecule has 22 heavy (non-hydrogen) atoms. The molecule has 0 saturated carbocycles. The number of hydrogen-bond acceptors (Lipinski definition) is 4. The fraction of sp³-hybridized carbons (Fsp3) is 0.375. The summed E-state index contributed by atoms with van der Waals surface area (Å²) in [6.07, 6.45) is 3.57. The maximum absolute atomic E-state index is 12.1. The van der Waals surface area contributed by atoms with Gasteiger partial charge in [0.25, 0.3) is 0 Å². The standard InChI is InChI=1S/C16H22N4OS/c1-12-11-17-7-6-14(12)18-8-9-19-16(21)20(3)13(2)15-5-4-10-22-15/h4-7,10-11,13H,8-9H2,1-3H3,(H,17,18)(H,19,21)/t13-/m0/s1. The Hall–Kier alpha value is -2.08. The summed E-state index contributed by atoms with van der Waals surface area (Å²) in [5, 5.41) is 8.25. The fourth-order valence-electron chi connectivity index (χ4n) is 2.06. The van der Waals surface area contributed by atoms with E-state index in [4.69, 9.17) is 0 Å². The van der Waals surface area contributed by atoms with Crippen molar-refractivity contribution in [3.63, 3.8) is 0 Å². The molecule has 0 aromatic carbocycles. The van der Waals surface area contributed by atoms with E-state index in [0.29, 0.717) is 13.1 Å². The molecule has 2 amide bonds. The van der Waals surface area contributed by atoms with Crippen molar-refractivity contribution in [2.45, 2.75) is 19.9 Å². The van der Waals surface area contributed by atoms with Crippen LogP contribution in [0.15, 0.2) is 36.0 Å². The first-order valence-corrected chi connectivity index (χ1v) is 8.16. The summed E-state index contributed by atoms with van der Waals surface area (Å²) in [4.78, 5) is 19.1. The van der Waals surface area contributed by atoms with Crippen LogP contribution in [0.5, 0.6) is 0 Å². The second-order valence-electron chi connectivity index (χ2n) is 5.15. The van der Waals surface area contributed by atoms with Crippen LogP contribution in [0.3, 0.4) is 0 Å². The third-order valence-corrected chi connectivity index (χ3v) is 4.64. The number of nitrogens with zero attached hydrogens (tertiary/aromatic N) is 2. The van der Waals surface area contributed by atoms with E-state index in [2.05, 4.69) is 15.6 Å². The molecule has 0 bridgehead atoms. The van der Waals surface area contributed by atoms with Gasteiger partial charge < -0.3 is 15.5 Å².